The highest BCUT2D eigenvalue weighted by molar-refractivity contribution is 6.30. The first kappa shape index (κ1) is 14.3. The van der Waals surface area contributed by atoms with Gasteiger partial charge >= 0.3 is 5.97 Å². The van der Waals surface area contributed by atoms with Gasteiger partial charge in [0.05, 0.1) is 0 Å². The molecule has 1 heterocycles. The number of hydrogen-bond acceptors (Lipinski definition) is 5. The lowest BCUT2D eigenvalue weighted by Gasteiger charge is -2.01. The van der Waals surface area contributed by atoms with E-state index < -0.39 is 0 Å². The van der Waals surface area contributed by atoms with Crippen molar-refractivity contribution in [1.82, 2.24) is 10.1 Å². The maximum atomic E-state index is 11.0. The number of carbonyl (C=O) groups excluding carboxylic acids is 1. The molecule has 3 aromatic rings. The minimum absolute atomic E-state index is 0.346. The Morgan fingerprint density at radius 2 is 1.91 bits per heavy atom. The molecule has 6 heteroatoms. The van der Waals surface area contributed by atoms with Crippen LogP contribution in [0.5, 0.6) is 5.75 Å². The van der Waals surface area contributed by atoms with Gasteiger partial charge in [-0.05, 0) is 42.5 Å². The average Bonchev–Trinajstić information content (AvgIpc) is 2.97. The van der Waals surface area contributed by atoms with Crippen LogP contribution in [-0.2, 0) is 4.79 Å². The lowest BCUT2D eigenvalue weighted by Crippen LogP contribution is -2.01. The van der Waals surface area contributed by atoms with Gasteiger partial charge in [-0.2, -0.15) is 4.98 Å². The molecule has 5 nitrogen and oxygen atoms in total. The Morgan fingerprint density at radius 3 is 2.64 bits per heavy atom. The molecule has 1 aromatic heterocycles. The van der Waals surface area contributed by atoms with Crippen LogP contribution in [0.2, 0.25) is 5.02 Å². The molecular formula is C16H11ClN2O3. The molecule has 0 fully saturated rings. The lowest BCUT2D eigenvalue weighted by atomic mass is 10.2. The molecule has 0 amide bonds. The second kappa shape index (κ2) is 5.99. The van der Waals surface area contributed by atoms with Crippen molar-refractivity contribution >= 4 is 17.6 Å². The van der Waals surface area contributed by atoms with Crippen molar-refractivity contribution in [3.63, 3.8) is 0 Å². The highest BCUT2D eigenvalue weighted by atomic mass is 35.5. The summed E-state index contributed by atoms with van der Waals surface area (Å²) in [5.74, 6) is 0.851. The Bertz CT molecular complexity index is 812. The number of carbonyl (C=O) groups is 1. The third kappa shape index (κ3) is 3.15. The summed E-state index contributed by atoms with van der Waals surface area (Å²) in [6.07, 6.45) is 0. The van der Waals surface area contributed by atoms with Crippen molar-refractivity contribution in [2.75, 3.05) is 0 Å². The predicted octanol–water partition coefficient (Wildman–Crippen LogP) is 3.98. The number of hydrogen-bond donors (Lipinski definition) is 0. The zero-order valence-corrected chi connectivity index (χ0v) is 12.4. The fraction of sp³-hybridized carbons (Fsp3) is 0.0625. The van der Waals surface area contributed by atoms with E-state index in [0.717, 1.165) is 5.56 Å². The van der Waals surface area contributed by atoms with Crippen LogP contribution in [0.3, 0.4) is 0 Å². The van der Waals surface area contributed by atoms with Crippen LogP contribution in [-0.4, -0.2) is 16.1 Å². The highest BCUT2D eigenvalue weighted by Crippen LogP contribution is 2.25. The number of nitrogens with zero attached hydrogens (tertiary/aromatic N) is 2. The smallest absolute Gasteiger partial charge is 0.308 e. The third-order valence-corrected chi connectivity index (χ3v) is 3.12. The van der Waals surface area contributed by atoms with Crippen molar-refractivity contribution < 1.29 is 14.1 Å². The van der Waals surface area contributed by atoms with Crippen LogP contribution in [0.15, 0.2) is 53.1 Å². The summed E-state index contributed by atoms with van der Waals surface area (Å²) in [7, 11) is 0. The first-order valence-corrected chi connectivity index (χ1v) is 6.88. The fourth-order valence-electron chi connectivity index (χ4n) is 1.92. The molecule has 3 rings (SSSR count). The lowest BCUT2D eigenvalue weighted by molar-refractivity contribution is -0.131. The Labute approximate surface area is 131 Å². The molecule has 0 aliphatic carbocycles. The molecule has 2 aromatic carbocycles. The minimum atomic E-state index is -0.385. The van der Waals surface area contributed by atoms with Gasteiger partial charge in [0.15, 0.2) is 0 Å². The maximum absolute atomic E-state index is 11.0. The van der Waals surface area contributed by atoms with Gasteiger partial charge in [-0.1, -0.05) is 22.8 Å². The molecule has 0 bridgehead atoms. The van der Waals surface area contributed by atoms with E-state index >= 15 is 0 Å². The van der Waals surface area contributed by atoms with Crippen LogP contribution < -0.4 is 4.74 Å². The van der Waals surface area contributed by atoms with E-state index in [0.29, 0.717) is 28.1 Å². The molecule has 0 spiro atoms. The van der Waals surface area contributed by atoms with Gasteiger partial charge in [0.25, 0.3) is 5.89 Å². The van der Waals surface area contributed by atoms with Crippen LogP contribution in [0, 0.1) is 0 Å². The van der Waals surface area contributed by atoms with E-state index in [1.165, 1.54) is 6.92 Å². The van der Waals surface area contributed by atoms with Gasteiger partial charge in [-0.15, -0.1) is 0 Å². The summed E-state index contributed by atoms with van der Waals surface area (Å²) in [5.41, 5.74) is 1.47. The van der Waals surface area contributed by atoms with Crippen LogP contribution in [0.1, 0.15) is 6.92 Å². The predicted molar refractivity (Wildman–Crippen MR) is 81.5 cm³/mol. The molecule has 110 valence electrons. The molecule has 0 saturated carbocycles. The zero-order valence-electron chi connectivity index (χ0n) is 11.6. The largest absolute Gasteiger partial charge is 0.427 e. The van der Waals surface area contributed by atoms with Crippen LogP contribution in [0.25, 0.3) is 22.8 Å². The number of esters is 1. The Kier molecular flexibility index (Phi) is 3.89. The molecule has 22 heavy (non-hydrogen) atoms. The second-order valence-corrected chi connectivity index (χ2v) is 4.99. The Morgan fingerprint density at radius 1 is 1.14 bits per heavy atom. The first-order chi connectivity index (χ1) is 10.6. The van der Waals surface area contributed by atoms with Gasteiger partial charge in [-0.25, -0.2) is 0 Å². The first-order valence-electron chi connectivity index (χ1n) is 6.50. The summed E-state index contributed by atoms with van der Waals surface area (Å²) in [4.78, 5) is 15.3. The van der Waals surface area contributed by atoms with Gasteiger partial charge in [0, 0.05) is 23.1 Å². The second-order valence-electron chi connectivity index (χ2n) is 4.55. The normalized spacial score (nSPS) is 10.5. The molecule has 0 aliphatic rings. The quantitative estimate of drug-likeness (QED) is 0.540. The Hall–Kier alpha value is -2.66. The van der Waals surface area contributed by atoms with Crippen molar-refractivity contribution in [3.05, 3.63) is 53.6 Å². The topological polar surface area (TPSA) is 65.2 Å². The van der Waals surface area contributed by atoms with E-state index in [1.807, 2.05) is 12.1 Å². The molecule has 0 unspecified atom stereocenters. The maximum Gasteiger partial charge on any atom is 0.308 e. The standard InChI is InChI=1S/C16H11ClN2O3/c1-10(20)21-14-4-2-3-12(9-14)16-18-15(19-22-16)11-5-7-13(17)8-6-11/h2-9H,1H3. The molecular weight excluding hydrogens is 304 g/mol. The summed E-state index contributed by atoms with van der Waals surface area (Å²) in [6.45, 7) is 1.35. The third-order valence-electron chi connectivity index (χ3n) is 2.87. The van der Waals surface area contributed by atoms with Crippen molar-refractivity contribution in [3.8, 4) is 28.6 Å². The Balaban J connectivity index is 1.90. The van der Waals surface area contributed by atoms with Crippen molar-refractivity contribution in [2.24, 2.45) is 0 Å². The van der Waals surface area contributed by atoms with E-state index in [2.05, 4.69) is 10.1 Å². The van der Waals surface area contributed by atoms with Gasteiger partial charge in [0.2, 0.25) is 5.82 Å². The van der Waals surface area contributed by atoms with E-state index in [4.69, 9.17) is 20.9 Å². The van der Waals surface area contributed by atoms with E-state index in [-0.39, 0.29) is 5.97 Å². The summed E-state index contributed by atoms with van der Waals surface area (Å²) in [6, 6.07) is 14.0. The zero-order chi connectivity index (χ0) is 15.5. The van der Waals surface area contributed by atoms with Crippen molar-refractivity contribution in [1.29, 1.82) is 0 Å². The van der Waals surface area contributed by atoms with Gasteiger partial charge < -0.3 is 9.26 Å². The summed E-state index contributed by atoms with van der Waals surface area (Å²) in [5, 5.41) is 4.59. The molecule has 0 saturated heterocycles. The number of halogens is 1. The number of ether oxygens (including phenoxy) is 1. The van der Waals surface area contributed by atoms with Crippen LogP contribution in [0.4, 0.5) is 0 Å². The van der Waals surface area contributed by atoms with Gasteiger partial charge in [0.1, 0.15) is 5.75 Å². The molecule has 0 radical (unpaired) electrons. The number of benzene rings is 2. The monoisotopic (exact) mass is 314 g/mol. The SMILES string of the molecule is CC(=O)Oc1cccc(-c2nc(-c3ccc(Cl)cc3)no2)c1. The van der Waals surface area contributed by atoms with Gasteiger partial charge in [-0.3, -0.25) is 4.79 Å². The molecule has 0 aliphatic heterocycles. The minimum Gasteiger partial charge on any atom is -0.427 e. The number of rotatable bonds is 3. The van der Waals surface area contributed by atoms with Crippen LogP contribution >= 0.6 is 11.6 Å². The molecule has 0 atom stereocenters. The fourth-order valence-corrected chi connectivity index (χ4v) is 2.04. The average molecular weight is 315 g/mol. The summed E-state index contributed by atoms with van der Waals surface area (Å²) >= 11 is 5.85. The van der Waals surface area contributed by atoms with E-state index in [9.17, 15) is 4.79 Å². The van der Waals surface area contributed by atoms with Crippen molar-refractivity contribution in [2.45, 2.75) is 6.92 Å². The summed E-state index contributed by atoms with van der Waals surface area (Å²) < 4.78 is 10.3. The van der Waals surface area contributed by atoms with E-state index in [1.54, 1.807) is 36.4 Å². The molecule has 0 N–H and O–H groups in total. The number of aromatic nitrogens is 2. The highest BCUT2D eigenvalue weighted by Gasteiger charge is 2.11.